The van der Waals surface area contributed by atoms with Crippen LogP contribution in [-0.4, -0.2) is 30.1 Å². The predicted molar refractivity (Wildman–Crippen MR) is 64.8 cm³/mol. The lowest BCUT2D eigenvalue weighted by atomic mass is 9.96. The maximum absolute atomic E-state index is 8.69. The summed E-state index contributed by atoms with van der Waals surface area (Å²) >= 11 is 0. The van der Waals surface area contributed by atoms with Crippen LogP contribution in [-0.2, 0) is 0 Å². The van der Waals surface area contributed by atoms with Crippen molar-refractivity contribution in [3.8, 4) is 6.07 Å². The molecule has 2 unspecified atom stereocenters. The Bertz CT molecular complexity index is 252. The van der Waals surface area contributed by atoms with Gasteiger partial charge in [-0.2, -0.15) is 5.26 Å². The topological polar surface area (TPSA) is 53.1 Å². The standard InChI is InChI=1S/C13H23N3/c14-10-12(15)7-9-16-8-3-6-13(16)11-4-1-2-5-11/h11-13H,1-9,15H2. The molecule has 0 aromatic carbocycles. The van der Waals surface area contributed by atoms with Crippen LogP contribution in [0.25, 0.3) is 0 Å². The molecule has 0 amide bonds. The minimum Gasteiger partial charge on any atom is -0.316 e. The molecule has 1 aliphatic heterocycles. The van der Waals surface area contributed by atoms with E-state index in [9.17, 15) is 0 Å². The highest BCUT2D eigenvalue weighted by Crippen LogP contribution is 2.35. The third-order valence-electron chi connectivity index (χ3n) is 4.25. The fourth-order valence-electron chi connectivity index (χ4n) is 3.38. The molecule has 1 heterocycles. The number of nitriles is 1. The Kier molecular flexibility index (Phi) is 4.20. The van der Waals surface area contributed by atoms with Gasteiger partial charge < -0.3 is 10.6 Å². The zero-order chi connectivity index (χ0) is 11.4. The van der Waals surface area contributed by atoms with Crippen LogP contribution in [0.2, 0.25) is 0 Å². The Morgan fingerprint density at radius 3 is 2.69 bits per heavy atom. The minimum absolute atomic E-state index is 0.273. The van der Waals surface area contributed by atoms with Crippen LogP contribution < -0.4 is 5.73 Å². The zero-order valence-corrected chi connectivity index (χ0v) is 10.1. The van der Waals surface area contributed by atoms with Crippen molar-refractivity contribution < 1.29 is 0 Å². The van der Waals surface area contributed by atoms with Gasteiger partial charge in [0.05, 0.1) is 12.1 Å². The van der Waals surface area contributed by atoms with Gasteiger partial charge in [-0.3, -0.25) is 0 Å². The number of likely N-dealkylation sites (tertiary alicyclic amines) is 1. The number of nitrogens with two attached hydrogens (primary N) is 1. The smallest absolute Gasteiger partial charge is 0.0940 e. The highest BCUT2D eigenvalue weighted by molar-refractivity contribution is 4.91. The van der Waals surface area contributed by atoms with Crippen LogP contribution in [0, 0.1) is 17.2 Å². The third kappa shape index (κ3) is 2.75. The lowest BCUT2D eigenvalue weighted by molar-refractivity contribution is 0.187. The maximum Gasteiger partial charge on any atom is 0.0940 e. The van der Waals surface area contributed by atoms with E-state index in [1.807, 2.05) is 0 Å². The van der Waals surface area contributed by atoms with Crippen LogP contribution in [0.4, 0.5) is 0 Å². The van der Waals surface area contributed by atoms with E-state index in [4.69, 9.17) is 11.0 Å². The summed E-state index contributed by atoms with van der Waals surface area (Å²) in [6, 6.07) is 2.65. The quantitative estimate of drug-likeness (QED) is 0.788. The molecule has 1 saturated carbocycles. The first kappa shape index (κ1) is 11.9. The molecule has 2 N–H and O–H groups in total. The van der Waals surface area contributed by atoms with Gasteiger partial charge in [-0.15, -0.1) is 0 Å². The molecule has 2 aliphatic rings. The van der Waals surface area contributed by atoms with Crippen LogP contribution in [0.3, 0.4) is 0 Å². The summed E-state index contributed by atoms with van der Waals surface area (Å²) in [5, 5.41) is 8.69. The number of hydrogen-bond donors (Lipinski definition) is 1. The summed E-state index contributed by atoms with van der Waals surface area (Å²) in [7, 11) is 0. The lowest BCUT2D eigenvalue weighted by Crippen LogP contribution is -2.37. The Balaban J connectivity index is 1.81. The summed E-state index contributed by atoms with van der Waals surface area (Å²) < 4.78 is 0. The number of nitrogens with zero attached hydrogens (tertiary/aromatic N) is 2. The van der Waals surface area contributed by atoms with Crippen LogP contribution in [0.1, 0.15) is 44.9 Å². The van der Waals surface area contributed by atoms with Crippen LogP contribution in [0.5, 0.6) is 0 Å². The third-order valence-corrected chi connectivity index (χ3v) is 4.25. The molecule has 90 valence electrons. The second-order valence-corrected chi connectivity index (χ2v) is 5.31. The van der Waals surface area contributed by atoms with Crippen molar-refractivity contribution in [1.82, 2.24) is 4.90 Å². The average molecular weight is 221 g/mol. The van der Waals surface area contributed by atoms with E-state index in [1.165, 1.54) is 45.1 Å². The zero-order valence-electron chi connectivity index (χ0n) is 10.1. The molecule has 3 nitrogen and oxygen atoms in total. The van der Waals surface area contributed by atoms with Crippen LogP contribution >= 0.6 is 0 Å². The largest absolute Gasteiger partial charge is 0.316 e. The van der Waals surface area contributed by atoms with Gasteiger partial charge in [0.2, 0.25) is 0 Å². The van der Waals surface area contributed by atoms with Crippen molar-refractivity contribution in [2.75, 3.05) is 13.1 Å². The molecule has 3 heteroatoms. The van der Waals surface area contributed by atoms with Crippen molar-refractivity contribution in [1.29, 1.82) is 5.26 Å². The molecule has 16 heavy (non-hydrogen) atoms. The van der Waals surface area contributed by atoms with Crippen molar-refractivity contribution in [2.24, 2.45) is 11.7 Å². The van der Waals surface area contributed by atoms with Crippen molar-refractivity contribution in [2.45, 2.75) is 57.0 Å². The summed E-state index contributed by atoms with van der Waals surface area (Å²) in [5.41, 5.74) is 5.66. The fourth-order valence-corrected chi connectivity index (χ4v) is 3.38. The van der Waals surface area contributed by atoms with Crippen LogP contribution in [0.15, 0.2) is 0 Å². The molecule has 1 aliphatic carbocycles. The number of rotatable bonds is 4. The molecule has 1 saturated heterocycles. The Hall–Kier alpha value is -0.590. The van der Waals surface area contributed by atoms with Gasteiger partial charge in [0.25, 0.3) is 0 Å². The van der Waals surface area contributed by atoms with Crippen molar-refractivity contribution in [3.63, 3.8) is 0 Å². The van der Waals surface area contributed by atoms with E-state index in [0.717, 1.165) is 24.9 Å². The van der Waals surface area contributed by atoms with Gasteiger partial charge in [0.1, 0.15) is 0 Å². The van der Waals surface area contributed by atoms with Gasteiger partial charge in [-0.25, -0.2) is 0 Å². The predicted octanol–water partition coefficient (Wildman–Crippen LogP) is 1.88. The van der Waals surface area contributed by atoms with Gasteiger partial charge in [0.15, 0.2) is 0 Å². The molecule has 0 radical (unpaired) electrons. The van der Waals surface area contributed by atoms with E-state index in [0.29, 0.717) is 0 Å². The summed E-state index contributed by atoms with van der Waals surface area (Å²) in [5.74, 6) is 0.931. The molecule has 2 rings (SSSR count). The highest BCUT2D eigenvalue weighted by Gasteiger charge is 2.32. The molecule has 0 bridgehead atoms. The molecule has 2 atom stereocenters. The van der Waals surface area contributed by atoms with E-state index in [2.05, 4.69) is 11.0 Å². The molecule has 0 spiro atoms. The normalized spacial score (nSPS) is 29.4. The maximum atomic E-state index is 8.69. The fraction of sp³-hybridized carbons (Fsp3) is 0.923. The lowest BCUT2D eigenvalue weighted by Gasteiger charge is -2.29. The Labute approximate surface area is 98.6 Å². The molecule has 2 fully saturated rings. The summed E-state index contributed by atoms with van der Waals surface area (Å²) in [6.07, 6.45) is 9.23. The van der Waals surface area contributed by atoms with Crippen molar-refractivity contribution >= 4 is 0 Å². The van der Waals surface area contributed by atoms with E-state index in [1.54, 1.807) is 0 Å². The molecule has 0 aromatic rings. The first-order chi connectivity index (χ1) is 7.81. The summed E-state index contributed by atoms with van der Waals surface area (Å²) in [4.78, 5) is 2.59. The average Bonchev–Trinajstić information content (AvgIpc) is 2.95. The molecular weight excluding hydrogens is 198 g/mol. The summed E-state index contributed by atoms with van der Waals surface area (Å²) in [6.45, 7) is 2.25. The van der Waals surface area contributed by atoms with Gasteiger partial charge in [-0.1, -0.05) is 12.8 Å². The van der Waals surface area contributed by atoms with Crippen molar-refractivity contribution in [3.05, 3.63) is 0 Å². The van der Waals surface area contributed by atoms with E-state index < -0.39 is 0 Å². The Morgan fingerprint density at radius 1 is 1.25 bits per heavy atom. The second kappa shape index (κ2) is 5.65. The SMILES string of the molecule is N#CC(N)CCN1CCCC1C1CCCC1. The van der Waals surface area contributed by atoms with Gasteiger partial charge >= 0.3 is 0 Å². The van der Waals surface area contributed by atoms with E-state index >= 15 is 0 Å². The first-order valence-electron chi connectivity index (χ1n) is 6.70. The monoisotopic (exact) mass is 221 g/mol. The Morgan fingerprint density at radius 2 is 2.00 bits per heavy atom. The molecular formula is C13H23N3. The second-order valence-electron chi connectivity index (χ2n) is 5.31. The highest BCUT2D eigenvalue weighted by atomic mass is 15.2. The van der Waals surface area contributed by atoms with E-state index in [-0.39, 0.29) is 6.04 Å². The minimum atomic E-state index is -0.273. The van der Waals surface area contributed by atoms with Gasteiger partial charge in [-0.05, 0) is 44.6 Å². The molecule has 0 aromatic heterocycles. The first-order valence-corrected chi connectivity index (χ1v) is 6.70. The van der Waals surface area contributed by atoms with Gasteiger partial charge in [0, 0.05) is 12.6 Å². The number of hydrogen-bond acceptors (Lipinski definition) is 3.